The van der Waals surface area contributed by atoms with E-state index in [1.807, 2.05) is 0 Å². The molecule has 1 aromatic rings. The molecule has 1 aliphatic carbocycles. The summed E-state index contributed by atoms with van der Waals surface area (Å²) >= 11 is 0. The number of nitrogens with zero attached hydrogens (tertiary/aromatic N) is 2. The van der Waals surface area contributed by atoms with Crippen molar-refractivity contribution in [2.24, 2.45) is 12.5 Å². The highest BCUT2D eigenvalue weighted by atomic mass is 16.5. The summed E-state index contributed by atoms with van der Waals surface area (Å²) in [6, 6.07) is 0. The van der Waals surface area contributed by atoms with Gasteiger partial charge in [-0.05, 0) is 12.8 Å². The normalized spacial score (nSPS) is 19.7. The number of carbonyl (C=O) groups is 1. The third-order valence-electron chi connectivity index (χ3n) is 3.01. The molecule has 5 nitrogen and oxygen atoms in total. The summed E-state index contributed by atoms with van der Waals surface area (Å²) in [5.41, 5.74) is -0.756. The van der Waals surface area contributed by atoms with E-state index >= 15 is 0 Å². The van der Waals surface area contributed by atoms with Gasteiger partial charge in [0, 0.05) is 19.4 Å². The summed E-state index contributed by atoms with van der Waals surface area (Å²) in [6.45, 7) is 0. The number of aryl methyl sites for hydroxylation is 1. The van der Waals surface area contributed by atoms with Gasteiger partial charge in [0.05, 0.1) is 7.11 Å². The SMILES string of the molecule is COC(=O)C1(C(O)c2nccn2C)CC1. The molecule has 5 heteroatoms. The van der Waals surface area contributed by atoms with Crippen LogP contribution < -0.4 is 0 Å². The van der Waals surface area contributed by atoms with Crippen LogP contribution >= 0.6 is 0 Å². The fourth-order valence-electron chi connectivity index (χ4n) is 1.81. The number of carbonyl (C=O) groups excluding carboxylic acids is 1. The fourth-order valence-corrected chi connectivity index (χ4v) is 1.81. The number of hydrogen-bond acceptors (Lipinski definition) is 4. The maximum Gasteiger partial charge on any atom is 0.314 e. The van der Waals surface area contributed by atoms with Crippen LogP contribution in [0.4, 0.5) is 0 Å². The van der Waals surface area contributed by atoms with Crippen molar-refractivity contribution in [3.63, 3.8) is 0 Å². The molecule has 0 aromatic carbocycles. The van der Waals surface area contributed by atoms with Crippen LogP contribution in [0.25, 0.3) is 0 Å². The van der Waals surface area contributed by atoms with Gasteiger partial charge in [-0.3, -0.25) is 4.79 Å². The maximum atomic E-state index is 11.5. The second-order valence-electron chi connectivity index (χ2n) is 3.95. The summed E-state index contributed by atoms with van der Waals surface area (Å²) < 4.78 is 6.42. The Balaban J connectivity index is 2.25. The molecule has 1 aliphatic rings. The molecule has 1 aromatic heterocycles. The number of hydrogen-bond donors (Lipinski definition) is 1. The van der Waals surface area contributed by atoms with Crippen LogP contribution in [0.3, 0.4) is 0 Å². The molecule has 0 aliphatic heterocycles. The first-order valence-corrected chi connectivity index (χ1v) is 4.85. The highest BCUT2D eigenvalue weighted by molar-refractivity contribution is 5.80. The van der Waals surface area contributed by atoms with Gasteiger partial charge >= 0.3 is 5.97 Å². The Morgan fingerprint density at radius 1 is 1.73 bits per heavy atom. The lowest BCUT2D eigenvalue weighted by Gasteiger charge is -2.19. The van der Waals surface area contributed by atoms with Crippen LogP contribution in [0.1, 0.15) is 24.8 Å². The predicted molar refractivity (Wildman–Crippen MR) is 51.9 cm³/mol. The van der Waals surface area contributed by atoms with Gasteiger partial charge in [0.2, 0.25) is 0 Å². The standard InChI is InChI=1S/C10H14N2O3/c1-12-6-5-11-8(12)7(13)10(3-4-10)9(14)15-2/h5-7,13H,3-4H2,1-2H3. The summed E-state index contributed by atoms with van der Waals surface area (Å²) in [4.78, 5) is 15.6. The predicted octanol–water partition coefficient (Wildman–Crippen LogP) is 0.407. The molecule has 0 amide bonds. The average molecular weight is 210 g/mol. The smallest absolute Gasteiger partial charge is 0.314 e. The topological polar surface area (TPSA) is 64.3 Å². The molecule has 15 heavy (non-hydrogen) atoms. The molecule has 82 valence electrons. The van der Waals surface area contributed by atoms with Gasteiger partial charge in [-0.2, -0.15) is 0 Å². The first-order valence-electron chi connectivity index (χ1n) is 4.85. The van der Waals surface area contributed by atoms with Crippen LogP contribution in [0.5, 0.6) is 0 Å². The molecule has 1 unspecified atom stereocenters. The van der Waals surface area contributed by atoms with E-state index in [0.29, 0.717) is 18.7 Å². The van der Waals surface area contributed by atoms with E-state index in [4.69, 9.17) is 4.74 Å². The van der Waals surface area contributed by atoms with Gasteiger partial charge in [-0.25, -0.2) is 4.98 Å². The second-order valence-corrected chi connectivity index (χ2v) is 3.95. The molecule has 1 atom stereocenters. The number of imidazole rings is 1. The summed E-state index contributed by atoms with van der Waals surface area (Å²) in [7, 11) is 3.13. The first-order chi connectivity index (χ1) is 7.12. The van der Waals surface area contributed by atoms with E-state index < -0.39 is 11.5 Å². The molecule has 1 heterocycles. The average Bonchev–Trinajstić information content (AvgIpc) is 2.94. The molecule has 0 bridgehead atoms. The fraction of sp³-hybridized carbons (Fsp3) is 0.600. The number of methoxy groups -OCH3 is 1. The summed E-state index contributed by atoms with van der Waals surface area (Å²) in [5.74, 6) is 0.163. The zero-order valence-electron chi connectivity index (χ0n) is 8.80. The minimum atomic E-state index is -0.870. The van der Waals surface area contributed by atoms with Gasteiger partial charge in [0.15, 0.2) is 0 Å². The highest BCUT2D eigenvalue weighted by Gasteiger charge is 2.58. The quantitative estimate of drug-likeness (QED) is 0.734. The van der Waals surface area contributed by atoms with Crippen LogP contribution in [-0.4, -0.2) is 27.7 Å². The number of aliphatic hydroxyl groups is 1. The number of ether oxygens (including phenoxy) is 1. The third kappa shape index (κ3) is 1.43. The van der Waals surface area contributed by atoms with E-state index in [2.05, 4.69) is 4.98 Å². The van der Waals surface area contributed by atoms with Crippen molar-refractivity contribution in [3.8, 4) is 0 Å². The van der Waals surface area contributed by atoms with Gasteiger partial charge in [0.25, 0.3) is 0 Å². The Hall–Kier alpha value is -1.36. The molecule has 1 saturated carbocycles. The number of aromatic nitrogens is 2. The summed E-state index contributed by atoms with van der Waals surface area (Å²) in [6.07, 6.45) is 3.80. The zero-order chi connectivity index (χ0) is 11.1. The van der Waals surface area contributed by atoms with Crippen molar-refractivity contribution in [2.75, 3.05) is 7.11 Å². The zero-order valence-corrected chi connectivity index (χ0v) is 8.80. The van der Waals surface area contributed by atoms with Crippen molar-refractivity contribution >= 4 is 5.97 Å². The monoisotopic (exact) mass is 210 g/mol. The van der Waals surface area contributed by atoms with E-state index in [1.165, 1.54) is 7.11 Å². The Kier molecular flexibility index (Phi) is 2.26. The van der Waals surface area contributed by atoms with Gasteiger partial charge in [-0.1, -0.05) is 0 Å². The molecule has 0 saturated heterocycles. The minimum absolute atomic E-state index is 0.349. The minimum Gasteiger partial charge on any atom is -0.469 e. The Morgan fingerprint density at radius 2 is 2.40 bits per heavy atom. The Morgan fingerprint density at radius 3 is 2.80 bits per heavy atom. The number of aliphatic hydroxyl groups excluding tert-OH is 1. The van der Waals surface area contributed by atoms with Crippen LogP contribution in [0, 0.1) is 5.41 Å². The van der Waals surface area contributed by atoms with Crippen molar-refractivity contribution < 1.29 is 14.6 Å². The van der Waals surface area contributed by atoms with Crippen molar-refractivity contribution in [1.82, 2.24) is 9.55 Å². The van der Waals surface area contributed by atoms with E-state index in [-0.39, 0.29) is 5.97 Å². The van der Waals surface area contributed by atoms with Gasteiger partial charge in [-0.15, -0.1) is 0 Å². The molecule has 1 N–H and O–H groups in total. The van der Waals surface area contributed by atoms with Crippen molar-refractivity contribution in [3.05, 3.63) is 18.2 Å². The number of esters is 1. The molecule has 1 fully saturated rings. The first kappa shape index (κ1) is 10.2. The van der Waals surface area contributed by atoms with Crippen molar-refractivity contribution in [2.45, 2.75) is 18.9 Å². The lowest BCUT2D eigenvalue weighted by Crippen LogP contribution is -2.27. The summed E-state index contributed by atoms with van der Waals surface area (Å²) in [5, 5.41) is 10.1. The molecular weight excluding hydrogens is 196 g/mol. The largest absolute Gasteiger partial charge is 0.469 e. The third-order valence-corrected chi connectivity index (χ3v) is 3.01. The van der Waals surface area contributed by atoms with Crippen LogP contribution in [-0.2, 0) is 16.6 Å². The van der Waals surface area contributed by atoms with Gasteiger partial charge < -0.3 is 14.4 Å². The highest BCUT2D eigenvalue weighted by Crippen LogP contribution is 2.55. The lowest BCUT2D eigenvalue weighted by molar-refractivity contribution is -0.152. The van der Waals surface area contributed by atoms with E-state index in [9.17, 15) is 9.90 Å². The van der Waals surface area contributed by atoms with E-state index in [1.54, 1.807) is 24.0 Å². The van der Waals surface area contributed by atoms with Gasteiger partial charge in [0.1, 0.15) is 17.3 Å². The molecular formula is C10H14N2O3. The molecule has 0 spiro atoms. The molecule has 2 rings (SSSR count). The maximum absolute atomic E-state index is 11.5. The Labute approximate surface area is 87.7 Å². The lowest BCUT2D eigenvalue weighted by atomic mass is 9.99. The Bertz CT molecular complexity index is 382. The second kappa shape index (κ2) is 3.34. The van der Waals surface area contributed by atoms with E-state index in [0.717, 1.165) is 0 Å². The van der Waals surface area contributed by atoms with Crippen LogP contribution in [0.2, 0.25) is 0 Å². The number of rotatable bonds is 3. The molecule has 0 radical (unpaired) electrons. The van der Waals surface area contributed by atoms with Crippen LogP contribution in [0.15, 0.2) is 12.4 Å². The van der Waals surface area contributed by atoms with Crippen molar-refractivity contribution in [1.29, 1.82) is 0 Å².